The lowest BCUT2D eigenvalue weighted by Gasteiger charge is -2.21. The molecule has 0 aliphatic rings. The van der Waals surface area contributed by atoms with Crippen molar-refractivity contribution in [2.45, 2.75) is 47.1 Å². The van der Waals surface area contributed by atoms with Gasteiger partial charge in [-0.15, -0.1) is 0 Å². The van der Waals surface area contributed by atoms with Crippen LogP contribution in [0.25, 0.3) is 22.8 Å². The van der Waals surface area contributed by atoms with E-state index in [0.717, 1.165) is 46.7 Å². The van der Waals surface area contributed by atoms with Crippen molar-refractivity contribution in [3.05, 3.63) is 41.1 Å². The molecule has 1 aromatic carbocycles. The van der Waals surface area contributed by atoms with Crippen molar-refractivity contribution in [2.75, 3.05) is 37.7 Å². The number of nitrogens with zero attached hydrogens (tertiary/aromatic N) is 4. The molecule has 0 unspecified atom stereocenters. The average molecular weight is 498 g/mol. The van der Waals surface area contributed by atoms with E-state index in [9.17, 15) is 9.90 Å². The van der Waals surface area contributed by atoms with E-state index < -0.39 is 18.6 Å². The van der Waals surface area contributed by atoms with Gasteiger partial charge in [0.05, 0.1) is 5.56 Å². The second-order valence-electron chi connectivity index (χ2n) is 8.52. The molecule has 2 heterocycles. The monoisotopic (exact) mass is 497 g/mol. The number of pyridine rings is 1. The molecule has 10 nitrogen and oxygen atoms in total. The highest BCUT2D eigenvalue weighted by Crippen LogP contribution is 2.31. The lowest BCUT2D eigenvalue weighted by Crippen LogP contribution is -2.36. The Kier molecular flexibility index (Phi) is 9.38. The molecule has 0 saturated carbocycles. The minimum Gasteiger partial charge on any atom is -0.490 e. The molecule has 10 heteroatoms. The van der Waals surface area contributed by atoms with Crippen molar-refractivity contribution in [2.24, 2.45) is 0 Å². The maximum Gasteiger partial charge on any atom is 0.259 e. The predicted octanol–water partition coefficient (Wildman–Crippen LogP) is 2.67. The van der Waals surface area contributed by atoms with Gasteiger partial charge in [0.1, 0.15) is 30.9 Å². The Bertz CT molecular complexity index is 1180. The smallest absolute Gasteiger partial charge is 0.259 e. The third kappa shape index (κ3) is 6.38. The van der Waals surface area contributed by atoms with Crippen molar-refractivity contribution in [1.29, 1.82) is 0 Å². The molecule has 3 rings (SSSR count). The number of hydrogen-bond donors (Lipinski definition) is 3. The Hall–Kier alpha value is -3.50. The van der Waals surface area contributed by atoms with Gasteiger partial charge in [-0.05, 0) is 69.0 Å². The van der Waals surface area contributed by atoms with Crippen LogP contribution in [0.2, 0.25) is 0 Å². The molecule has 0 fully saturated rings. The van der Waals surface area contributed by atoms with Gasteiger partial charge < -0.3 is 29.7 Å². The summed E-state index contributed by atoms with van der Waals surface area (Å²) in [5.41, 5.74) is 4.40. The molecule has 0 aliphatic heterocycles. The quantitative estimate of drug-likeness (QED) is 0.345. The normalized spacial score (nSPS) is 11.9. The second-order valence-corrected chi connectivity index (χ2v) is 8.52. The Morgan fingerprint density at radius 3 is 2.50 bits per heavy atom. The van der Waals surface area contributed by atoms with E-state index in [1.165, 1.54) is 0 Å². The van der Waals surface area contributed by atoms with Gasteiger partial charge in [-0.25, -0.2) is 4.98 Å². The number of ether oxygens (including phenoxy) is 1. The van der Waals surface area contributed by atoms with Gasteiger partial charge in [0.2, 0.25) is 11.7 Å². The summed E-state index contributed by atoms with van der Waals surface area (Å²) in [7, 11) is 0. The number of carbonyl (C=O) groups is 1. The lowest BCUT2D eigenvalue weighted by molar-refractivity contribution is -0.124. The molecular formula is C26H35N5O5. The van der Waals surface area contributed by atoms with Crippen molar-refractivity contribution in [3.8, 4) is 28.6 Å². The number of aliphatic hydroxyl groups excluding tert-OH is 2. The Labute approximate surface area is 211 Å². The van der Waals surface area contributed by atoms with E-state index in [-0.39, 0.29) is 13.2 Å². The van der Waals surface area contributed by atoms with Gasteiger partial charge in [-0.3, -0.25) is 4.79 Å². The zero-order valence-corrected chi connectivity index (χ0v) is 21.5. The van der Waals surface area contributed by atoms with Crippen LogP contribution < -0.4 is 15.0 Å². The highest BCUT2D eigenvalue weighted by molar-refractivity contribution is 5.76. The number of carbonyl (C=O) groups excluding carboxylic acids is 1. The third-order valence-corrected chi connectivity index (χ3v) is 5.88. The molecule has 194 valence electrons. The molecule has 1 amide bonds. The van der Waals surface area contributed by atoms with Crippen LogP contribution in [0.1, 0.15) is 37.5 Å². The maximum absolute atomic E-state index is 11.2. The number of aliphatic hydroxyl groups is 2. The zero-order valence-electron chi connectivity index (χ0n) is 21.5. The summed E-state index contributed by atoms with van der Waals surface area (Å²) >= 11 is 0. The van der Waals surface area contributed by atoms with Crippen LogP contribution in [0.4, 0.5) is 5.82 Å². The Balaban J connectivity index is 1.78. The van der Waals surface area contributed by atoms with Crippen LogP contribution in [0.3, 0.4) is 0 Å². The molecule has 0 saturated heterocycles. The summed E-state index contributed by atoms with van der Waals surface area (Å²) in [5, 5.41) is 25.5. The van der Waals surface area contributed by atoms with Crippen molar-refractivity contribution in [3.63, 3.8) is 0 Å². The first-order valence-corrected chi connectivity index (χ1v) is 12.2. The summed E-state index contributed by atoms with van der Waals surface area (Å²) in [4.78, 5) is 22.6. The van der Waals surface area contributed by atoms with E-state index in [0.29, 0.717) is 23.9 Å². The molecule has 3 N–H and O–H groups in total. The fraction of sp³-hybridized carbons (Fsp3) is 0.462. The molecule has 0 bridgehead atoms. The zero-order chi connectivity index (χ0) is 26.2. The molecule has 36 heavy (non-hydrogen) atoms. The molecule has 3 aromatic rings. The first kappa shape index (κ1) is 27.1. The van der Waals surface area contributed by atoms with Crippen molar-refractivity contribution >= 4 is 11.7 Å². The molecule has 0 spiro atoms. The van der Waals surface area contributed by atoms with E-state index in [4.69, 9.17) is 14.4 Å². The van der Waals surface area contributed by atoms with Crippen LogP contribution >= 0.6 is 0 Å². The Morgan fingerprint density at radius 2 is 1.86 bits per heavy atom. The molecule has 0 aliphatic carbocycles. The van der Waals surface area contributed by atoms with Crippen LogP contribution in [0, 0.1) is 13.8 Å². The van der Waals surface area contributed by atoms with Crippen LogP contribution in [0.5, 0.6) is 5.75 Å². The summed E-state index contributed by atoms with van der Waals surface area (Å²) in [6, 6.07) is 5.87. The van der Waals surface area contributed by atoms with Gasteiger partial charge in [0, 0.05) is 31.4 Å². The molecule has 2 aromatic heterocycles. The highest BCUT2D eigenvalue weighted by atomic mass is 16.5. The van der Waals surface area contributed by atoms with E-state index in [1.807, 2.05) is 39.0 Å². The second kappa shape index (κ2) is 12.5. The lowest BCUT2D eigenvalue weighted by atomic mass is 10.0. The first-order valence-electron chi connectivity index (χ1n) is 12.2. The number of nitrogens with one attached hydrogen (secondary N) is 1. The van der Waals surface area contributed by atoms with Crippen LogP contribution in [-0.4, -0.2) is 70.2 Å². The van der Waals surface area contributed by atoms with E-state index in [2.05, 4.69) is 39.2 Å². The topological polar surface area (TPSA) is 134 Å². The van der Waals surface area contributed by atoms with Gasteiger partial charge in [-0.1, -0.05) is 12.1 Å². The summed E-state index contributed by atoms with van der Waals surface area (Å²) in [6.45, 7) is 11.3. The molecule has 0 radical (unpaired) electrons. The number of aromatic nitrogens is 3. The number of rotatable bonds is 12. The first-order chi connectivity index (χ1) is 17.3. The fourth-order valence-electron chi connectivity index (χ4n) is 3.97. The van der Waals surface area contributed by atoms with Crippen LogP contribution in [-0.2, 0) is 11.2 Å². The van der Waals surface area contributed by atoms with Gasteiger partial charge in [0.25, 0.3) is 5.89 Å². The standard InChI is InChI=1S/C26H35N5O5/c1-6-18-11-19(9-16(4)23(18)35-15-21(33)13-27-22(34)14-32)24-29-26(36-30-24)20-10-17(5)25(28-12-20)31(7-2)8-3/h9-12,21,32-33H,6-8,13-15H2,1-5H3,(H,27,34)/t21-/m0/s1. The van der Waals surface area contributed by atoms with Crippen molar-refractivity contribution < 1.29 is 24.3 Å². The minimum absolute atomic E-state index is 0.00108. The SMILES string of the molecule is CCc1cc(-c2noc(-c3cnc(N(CC)CC)c(C)c3)n2)cc(C)c1OC[C@@H](O)CNC(=O)CO. The number of amides is 1. The van der Waals surface area contributed by atoms with E-state index >= 15 is 0 Å². The van der Waals surface area contributed by atoms with Crippen LogP contribution in [0.15, 0.2) is 28.9 Å². The predicted molar refractivity (Wildman–Crippen MR) is 137 cm³/mol. The largest absolute Gasteiger partial charge is 0.490 e. The number of anilines is 1. The summed E-state index contributed by atoms with van der Waals surface area (Å²) in [6.07, 6.45) is 1.54. The minimum atomic E-state index is -0.908. The molecule has 1 atom stereocenters. The number of benzene rings is 1. The molecular weight excluding hydrogens is 462 g/mol. The summed E-state index contributed by atoms with van der Waals surface area (Å²) in [5.74, 6) is 1.93. The Morgan fingerprint density at radius 1 is 1.14 bits per heavy atom. The number of hydrogen-bond acceptors (Lipinski definition) is 9. The van der Waals surface area contributed by atoms with Gasteiger partial charge in [0.15, 0.2) is 0 Å². The summed E-state index contributed by atoms with van der Waals surface area (Å²) < 4.78 is 11.4. The number of aryl methyl sites for hydroxylation is 3. The van der Waals surface area contributed by atoms with Gasteiger partial charge in [-0.2, -0.15) is 4.98 Å². The average Bonchev–Trinajstić information content (AvgIpc) is 3.38. The van der Waals surface area contributed by atoms with Crippen molar-refractivity contribution in [1.82, 2.24) is 20.4 Å². The fourth-order valence-corrected chi connectivity index (χ4v) is 3.97. The van der Waals surface area contributed by atoms with E-state index in [1.54, 1.807) is 6.20 Å². The maximum atomic E-state index is 11.2. The third-order valence-electron chi connectivity index (χ3n) is 5.88. The van der Waals surface area contributed by atoms with Gasteiger partial charge >= 0.3 is 0 Å². The highest BCUT2D eigenvalue weighted by Gasteiger charge is 2.17.